The highest BCUT2D eigenvalue weighted by Crippen LogP contribution is 2.14. The summed E-state index contributed by atoms with van der Waals surface area (Å²) in [5.74, 6) is -1.12. The number of carbonyl (C=O) groups is 2. The number of carbonyl (C=O) groups excluding carboxylic acids is 2. The Morgan fingerprint density at radius 3 is 2.82 bits per heavy atom. The van der Waals surface area contributed by atoms with Gasteiger partial charge in [-0.2, -0.15) is 0 Å². The Balaban J connectivity index is 1.93. The molecule has 2 rings (SSSR count). The molecule has 0 aliphatic rings. The second-order valence-electron chi connectivity index (χ2n) is 7.32. The van der Waals surface area contributed by atoms with Crippen LogP contribution in [0.3, 0.4) is 0 Å². The first kappa shape index (κ1) is 25.6. The van der Waals surface area contributed by atoms with E-state index in [4.69, 9.17) is 16.2 Å². The maximum absolute atomic E-state index is 12.2. The fourth-order valence-electron chi connectivity index (χ4n) is 2.82. The summed E-state index contributed by atoms with van der Waals surface area (Å²) < 4.78 is 7.36. The molecule has 33 heavy (non-hydrogen) atoms. The second-order valence-corrected chi connectivity index (χ2v) is 7.32. The number of nitrogens with one attached hydrogen (secondary N) is 2. The molecular weight excluding hydrogens is 420 g/mol. The third-order valence-electron chi connectivity index (χ3n) is 4.46. The topological polar surface area (TPSA) is 137 Å². The van der Waals surface area contributed by atoms with E-state index in [1.807, 2.05) is 42.7 Å². The van der Waals surface area contributed by atoms with E-state index in [1.54, 1.807) is 24.4 Å². The molecule has 0 aromatic carbocycles. The monoisotopic (exact) mass is 452 g/mol. The highest BCUT2D eigenvalue weighted by atomic mass is 16.5. The molecule has 0 radical (unpaired) electrons. The van der Waals surface area contributed by atoms with Crippen molar-refractivity contribution in [1.82, 2.24) is 20.0 Å². The van der Waals surface area contributed by atoms with Gasteiger partial charge >= 0.3 is 0 Å². The molecule has 2 amide bonds. The Morgan fingerprint density at radius 2 is 2.09 bits per heavy atom. The normalized spacial score (nSPS) is 13.0. The van der Waals surface area contributed by atoms with Crippen LogP contribution in [0.25, 0.3) is 5.65 Å². The van der Waals surface area contributed by atoms with Gasteiger partial charge in [-0.05, 0) is 31.1 Å². The van der Waals surface area contributed by atoms with Crippen molar-refractivity contribution in [2.75, 3.05) is 13.2 Å². The van der Waals surface area contributed by atoms with Crippen LogP contribution >= 0.6 is 0 Å². The van der Waals surface area contributed by atoms with Crippen LogP contribution in [0.2, 0.25) is 0 Å². The Morgan fingerprint density at radius 1 is 1.30 bits per heavy atom. The summed E-state index contributed by atoms with van der Waals surface area (Å²) in [5.41, 5.74) is 14.4. The van der Waals surface area contributed by atoms with Gasteiger partial charge in [0.15, 0.2) is 0 Å². The van der Waals surface area contributed by atoms with E-state index < -0.39 is 11.8 Å². The maximum atomic E-state index is 12.2. The largest absolute Gasteiger partial charge is 0.394 e. The van der Waals surface area contributed by atoms with Gasteiger partial charge in [-0.3, -0.25) is 9.59 Å². The van der Waals surface area contributed by atoms with Crippen LogP contribution in [0.4, 0.5) is 0 Å². The number of amides is 2. The number of nitrogens with zero attached hydrogens (tertiary/aromatic N) is 2. The number of fused-ring (bicyclic) bond motifs is 1. The summed E-state index contributed by atoms with van der Waals surface area (Å²) >= 11 is 0. The van der Waals surface area contributed by atoms with Crippen molar-refractivity contribution in [2.45, 2.75) is 32.9 Å². The molecule has 0 aliphatic carbocycles. The van der Waals surface area contributed by atoms with Gasteiger partial charge in [0.05, 0.1) is 24.9 Å². The molecule has 9 nitrogen and oxygen atoms in total. The van der Waals surface area contributed by atoms with Crippen LogP contribution in [0, 0.1) is 0 Å². The van der Waals surface area contributed by atoms with Gasteiger partial charge < -0.3 is 31.2 Å². The molecule has 0 aliphatic heterocycles. The quantitative estimate of drug-likeness (QED) is 0.221. The van der Waals surface area contributed by atoms with Crippen molar-refractivity contribution >= 4 is 17.5 Å². The van der Waals surface area contributed by atoms with Gasteiger partial charge in [0.2, 0.25) is 0 Å². The second kappa shape index (κ2) is 13.0. The number of hydrogen-bond acceptors (Lipinski definition) is 6. The lowest BCUT2D eigenvalue weighted by Crippen LogP contribution is -2.30. The zero-order valence-electron chi connectivity index (χ0n) is 19.1. The number of aromatic nitrogens is 2. The minimum atomic E-state index is -0.576. The van der Waals surface area contributed by atoms with Crippen LogP contribution < -0.4 is 22.1 Å². The van der Waals surface area contributed by atoms with E-state index in [0.717, 1.165) is 23.7 Å². The average molecular weight is 453 g/mol. The fourth-order valence-corrected chi connectivity index (χ4v) is 2.82. The molecule has 0 spiro atoms. The van der Waals surface area contributed by atoms with E-state index in [-0.39, 0.29) is 18.3 Å². The van der Waals surface area contributed by atoms with E-state index in [9.17, 15) is 9.59 Å². The Hall–Kier alpha value is -3.69. The molecule has 1 atom stereocenters. The van der Waals surface area contributed by atoms with Gasteiger partial charge in [-0.15, -0.1) is 0 Å². The lowest BCUT2D eigenvalue weighted by Gasteiger charge is -2.12. The zero-order chi connectivity index (χ0) is 24.2. The number of ether oxygens (including phenoxy) is 1. The van der Waals surface area contributed by atoms with E-state index >= 15 is 0 Å². The highest BCUT2D eigenvalue weighted by molar-refractivity contribution is 6.00. The van der Waals surface area contributed by atoms with Gasteiger partial charge in [0.1, 0.15) is 11.3 Å². The van der Waals surface area contributed by atoms with Crippen molar-refractivity contribution in [2.24, 2.45) is 11.5 Å². The first-order chi connectivity index (χ1) is 15.8. The van der Waals surface area contributed by atoms with Gasteiger partial charge in [0.25, 0.3) is 11.8 Å². The van der Waals surface area contributed by atoms with Gasteiger partial charge in [-0.1, -0.05) is 37.8 Å². The Bertz CT molecular complexity index is 1070. The number of nitrogens with two attached hydrogens (primary N) is 2. The third-order valence-corrected chi connectivity index (χ3v) is 4.46. The fraction of sp³-hybridized carbons (Fsp3) is 0.292. The molecule has 176 valence electrons. The van der Waals surface area contributed by atoms with Gasteiger partial charge in [-0.25, -0.2) is 4.98 Å². The van der Waals surface area contributed by atoms with Crippen molar-refractivity contribution in [3.63, 3.8) is 0 Å². The lowest BCUT2D eigenvalue weighted by atomic mass is 10.1. The molecule has 2 aromatic heterocycles. The molecule has 1 unspecified atom stereocenters. The Labute approximate surface area is 193 Å². The van der Waals surface area contributed by atoms with Crippen LogP contribution in [-0.2, 0) is 20.9 Å². The highest BCUT2D eigenvalue weighted by Gasteiger charge is 2.11. The van der Waals surface area contributed by atoms with Crippen LogP contribution in [0.1, 0.15) is 37.6 Å². The van der Waals surface area contributed by atoms with Crippen molar-refractivity contribution in [1.29, 1.82) is 0 Å². The average Bonchev–Trinajstić information content (AvgIpc) is 3.19. The summed E-state index contributed by atoms with van der Waals surface area (Å²) in [7, 11) is 0. The smallest absolute Gasteiger partial charge is 0.267 e. The van der Waals surface area contributed by atoms with E-state index in [2.05, 4.69) is 22.2 Å². The molecule has 0 bridgehead atoms. The standard InChI is InChI=1S/C24H32N6O3/c1-4-6-7-8-17(3)28-23(31)12-20(25)24(32)27-13-19-15-30-14-18(9-10-22(30)29-19)21(26)16-33-11-5-2/h4,6-10,12,14-15,21H,3,5,11,13,16,25-26H2,1-2H3,(H,27,32)(H,28,31)/b6-4-,8-7-,20-12-. The summed E-state index contributed by atoms with van der Waals surface area (Å²) in [6.07, 6.45) is 12.6. The number of pyridine rings is 1. The van der Waals surface area contributed by atoms with Crippen LogP contribution in [0.5, 0.6) is 0 Å². The number of imidazole rings is 1. The molecule has 2 heterocycles. The maximum Gasteiger partial charge on any atom is 0.267 e. The van der Waals surface area contributed by atoms with E-state index in [1.165, 1.54) is 0 Å². The molecule has 6 N–H and O–H groups in total. The molecular formula is C24H32N6O3. The number of rotatable bonds is 12. The SMILES string of the molecule is C=C(/C=C\C=C/C)NC(=O)/C=C(\N)C(=O)NCc1cn2cc(C(N)COCCC)ccc2n1. The van der Waals surface area contributed by atoms with Crippen LogP contribution in [-0.4, -0.2) is 34.4 Å². The summed E-state index contributed by atoms with van der Waals surface area (Å²) in [5, 5.41) is 5.17. The minimum absolute atomic E-state index is 0.149. The predicted molar refractivity (Wildman–Crippen MR) is 129 cm³/mol. The first-order valence-electron chi connectivity index (χ1n) is 10.7. The van der Waals surface area contributed by atoms with Crippen LogP contribution in [0.15, 0.2) is 72.9 Å². The molecule has 0 saturated heterocycles. The number of allylic oxidation sites excluding steroid dienone is 4. The minimum Gasteiger partial charge on any atom is -0.394 e. The lowest BCUT2D eigenvalue weighted by molar-refractivity contribution is -0.119. The summed E-state index contributed by atoms with van der Waals surface area (Å²) in [4.78, 5) is 28.7. The zero-order valence-corrected chi connectivity index (χ0v) is 19.1. The van der Waals surface area contributed by atoms with Crippen molar-refractivity contribution in [3.8, 4) is 0 Å². The van der Waals surface area contributed by atoms with Gasteiger partial charge in [0, 0.05) is 30.8 Å². The molecule has 0 saturated carbocycles. The molecule has 2 aromatic rings. The number of hydrogen-bond donors (Lipinski definition) is 4. The molecule has 0 fully saturated rings. The van der Waals surface area contributed by atoms with Crippen molar-refractivity contribution < 1.29 is 14.3 Å². The first-order valence-corrected chi connectivity index (χ1v) is 10.7. The third kappa shape index (κ3) is 8.40. The summed E-state index contributed by atoms with van der Waals surface area (Å²) in [6, 6.07) is 3.53. The van der Waals surface area contributed by atoms with E-state index in [0.29, 0.717) is 24.6 Å². The Kier molecular flexibility index (Phi) is 10.1. The summed E-state index contributed by atoms with van der Waals surface area (Å²) in [6.45, 7) is 8.88. The van der Waals surface area contributed by atoms with Crippen molar-refractivity contribution in [3.05, 3.63) is 84.1 Å². The molecule has 9 heteroatoms. The predicted octanol–water partition coefficient (Wildman–Crippen LogP) is 1.98.